The molecule has 130 valence electrons. The summed E-state index contributed by atoms with van der Waals surface area (Å²) in [4.78, 5) is 26.3. The average molecular weight is 412 g/mol. The molecule has 1 aromatic carbocycles. The standard InChI is InChI=1S/C18H22BrNO3S/c1-5-11(3)20-17(21)16(24-18(20)22)10-13-7-8-15(14(19)9-13)23-12(4)6-2/h7-12H,5-6H2,1-4H3/b16-10+/t11-,12-/m1/s1. The number of imide groups is 1. The predicted octanol–water partition coefficient (Wildman–Crippen LogP) is 5.46. The third-order valence-corrected chi connectivity index (χ3v) is 5.52. The number of thioether (sulfide) groups is 1. The Morgan fingerprint density at radius 3 is 2.54 bits per heavy atom. The molecule has 2 atom stereocenters. The first-order chi connectivity index (χ1) is 11.4. The highest BCUT2D eigenvalue weighted by atomic mass is 79.9. The van der Waals surface area contributed by atoms with E-state index in [2.05, 4.69) is 22.9 Å². The Morgan fingerprint density at radius 1 is 1.25 bits per heavy atom. The second-order valence-corrected chi connectivity index (χ2v) is 7.68. The van der Waals surface area contributed by atoms with Crippen LogP contribution in [0.1, 0.15) is 46.1 Å². The molecule has 0 saturated carbocycles. The number of carbonyl (C=O) groups is 2. The van der Waals surface area contributed by atoms with Gasteiger partial charge in [0.15, 0.2) is 0 Å². The van der Waals surface area contributed by atoms with Crippen LogP contribution in [-0.4, -0.2) is 28.2 Å². The number of nitrogens with zero attached hydrogens (tertiary/aromatic N) is 1. The van der Waals surface area contributed by atoms with E-state index in [-0.39, 0.29) is 23.3 Å². The van der Waals surface area contributed by atoms with E-state index in [0.717, 1.165) is 40.4 Å². The fourth-order valence-electron chi connectivity index (χ4n) is 2.20. The summed E-state index contributed by atoms with van der Waals surface area (Å²) in [5, 5.41) is -0.198. The van der Waals surface area contributed by atoms with Crippen molar-refractivity contribution in [2.45, 2.75) is 52.7 Å². The van der Waals surface area contributed by atoms with E-state index in [4.69, 9.17) is 4.74 Å². The van der Waals surface area contributed by atoms with Crippen molar-refractivity contribution in [3.8, 4) is 5.75 Å². The van der Waals surface area contributed by atoms with Crippen molar-refractivity contribution in [2.75, 3.05) is 0 Å². The van der Waals surface area contributed by atoms with E-state index in [1.165, 1.54) is 4.90 Å². The zero-order valence-corrected chi connectivity index (χ0v) is 16.7. The van der Waals surface area contributed by atoms with Crippen LogP contribution in [0.4, 0.5) is 4.79 Å². The van der Waals surface area contributed by atoms with E-state index in [0.29, 0.717) is 4.91 Å². The number of ether oxygens (including phenoxy) is 1. The first-order valence-electron chi connectivity index (χ1n) is 8.10. The molecule has 1 aliphatic rings. The van der Waals surface area contributed by atoms with Crippen molar-refractivity contribution in [3.05, 3.63) is 33.1 Å². The quantitative estimate of drug-likeness (QED) is 0.582. The first kappa shape index (κ1) is 19.1. The lowest BCUT2D eigenvalue weighted by Gasteiger charge is -2.19. The van der Waals surface area contributed by atoms with Crippen LogP contribution < -0.4 is 4.74 Å². The number of benzene rings is 1. The number of hydrogen-bond acceptors (Lipinski definition) is 4. The van der Waals surface area contributed by atoms with E-state index >= 15 is 0 Å². The largest absolute Gasteiger partial charge is 0.490 e. The van der Waals surface area contributed by atoms with Gasteiger partial charge in [0.1, 0.15) is 5.75 Å². The third kappa shape index (κ3) is 4.22. The maximum Gasteiger partial charge on any atom is 0.293 e. The van der Waals surface area contributed by atoms with Gasteiger partial charge in [-0.1, -0.05) is 19.9 Å². The van der Waals surface area contributed by atoms with E-state index < -0.39 is 0 Å². The average Bonchev–Trinajstić information content (AvgIpc) is 2.83. The van der Waals surface area contributed by atoms with Crippen molar-refractivity contribution < 1.29 is 14.3 Å². The molecule has 2 amide bonds. The lowest BCUT2D eigenvalue weighted by molar-refractivity contribution is -0.124. The SMILES string of the molecule is CC[C@@H](C)Oc1ccc(/C=C2/SC(=O)N([C@H](C)CC)C2=O)cc1Br. The van der Waals surface area contributed by atoms with Gasteiger partial charge < -0.3 is 4.74 Å². The minimum absolute atomic E-state index is 0.0820. The summed E-state index contributed by atoms with van der Waals surface area (Å²) >= 11 is 4.50. The minimum Gasteiger partial charge on any atom is -0.490 e. The highest BCUT2D eigenvalue weighted by Crippen LogP contribution is 2.35. The van der Waals surface area contributed by atoms with Gasteiger partial charge in [0.2, 0.25) is 0 Å². The molecular weight excluding hydrogens is 390 g/mol. The first-order valence-corrected chi connectivity index (χ1v) is 9.71. The molecule has 1 aliphatic heterocycles. The number of amides is 2. The van der Waals surface area contributed by atoms with Crippen molar-refractivity contribution in [1.82, 2.24) is 4.90 Å². The lowest BCUT2D eigenvalue weighted by Crippen LogP contribution is -2.36. The zero-order chi connectivity index (χ0) is 17.9. The summed E-state index contributed by atoms with van der Waals surface area (Å²) in [5.74, 6) is 0.560. The van der Waals surface area contributed by atoms with Crippen LogP contribution in [0, 0.1) is 0 Å². The smallest absolute Gasteiger partial charge is 0.293 e. The van der Waals surface area contributed by atoms with Gasteiger partial charge in [-0.3, -0.25) is 14.5 Å². The number of hydrogen-bond donors (Lipinski definition) is 0. The second kappa shape index (κ2) is 8.21. The summed E-state index contributed by atoms with van der Waals surface area (Å²) in [6.07, 6.45) is 3.57. The van der Waals surface area contributed by atoms with Gasteiger partial charge in [0, 0.05) is 6.04 Å². The van der Waals surface area contributed by atoms with Crippen LogP contribution in [0.5, 0.6) is 5.75 Å². The van der Waals surface area contributed by atoms with E-state index in [1.807, 2.05) is 39.0 Å². The molecule has 0 N–H and O–H groups in total. The molecule has 1 aromatic rings. The number of carbonyl (C=O) groups excluding carboxylic acids is 2. The minimum atomic E-state index is -0.213. The number of halogens is 1. The summed E-state index contributed by atoms with van der Waals surface area (Å²) in [6.45, 7) is 7.94. The van der Waals surface area contributed by atoms with E-state index in [1.54, 1.807) is 6.08 Å². The maximum atomic E-state index is 12.4. The molecular formula is C18H22BrNO3S. The Hall–Kier alpha value is -1.27. The molecule has 6 heteroatoms. The summed E-state index contributed by atoms with van der Waals surface area (Å²) in [6, 6.07) is 5.58. The maximum absolute atomic E-state index is 12.4. The highest BCUT2D eigenvalue weighted by molar-refractivity contribution is 9.10. The Balaban J connectivity index is 2.21. The zero-order valence-electron chi connectivity index (χ0n) is 14.3. The molecule has 0 spiro atoms. The molecule has 4 nitrogen and oxygen atoms in total. The van der Waals surface area contributed by atoms with Crippen LogP contribution in [0.25, 0.3) is 6.08 Å². The van der Waals surface area contributed by atoms with Gasteiger partial charge in [-0.2, -0.15) is 0 Å². The summed E-state index contributed by atoms with van der Waals surface area (Å²) in [5.41, 5.74) is 0.855. The van der Waals surface area contributed by atoms with Crippen molar-refractivity contribution >= 4 is 44.9 Å². The van der Waals surface area contributed by atoms with Gasteiger partial charge in [0.05, 0.1) is 15.5 Å². The highest BCUT2D eigenvalue weighted by Gasteiger charge is 2.37. The van der Waals surface area contributed by atoms with Crippen molar-refractivity contribution in [1.29, 1.82) is 0 Å². The molecule has 0 aliphatic carbocycles. The molecule has 0 aromatic heterocycles. The molecule has 0 radical (unpaired) electrons. The van der Waals surface area contributed by atoms with Gasteiger partial charge in [-0.05, 0) is 78.2 Å². The Labute approximate surface area is 155 Å². The molecule has 24 heavy (non-hydrogen) atoms. The molecule has 1 heterocycles. The van der Waals surface area contributed by atoms with Gasteiger partial charge in [-0.15, -0.1) is 0 Å². The molecule has 1 fully saturated rings. The van der Waals surface area contributed by atoms with Crippen LogP contribution in [0.2, 0.25) is 0 Å². The summed E-state index contributed by atoms with van der Waals surface area (Å²) in [7, 11) is 0. The van der Waals surface area contributed by atoms with Crippen molar-refractivity contribution in [3.63, 3.8) is 0 Å². The monoisotopic (exact) mass is 411 g/mol. The van der Waals surface area contributed by atoms with Gasteiger partial charge in [0.25, 0.3) is 11.1 Å². The second-order valence-electron chi connectivity index (χ2n) is 5.84. The fraction of sp³-hybridized carbons (Fsp3) is 0.444. The topological polar surface area (TPSA) is 46.6 Å². The lowest BCUT2D eigenvalue weighted by atomic mass is 10.2. The normalized spacial score (nSPS) is 19.0. The van der Waals surface area contributed by atoms with Crippen LogP contribution in [0.15, 0.2) is 27.6 Å². The van der Waals surface area contributed by atoms with Crippen LogP contribution >= 0.6 is 27.7 Å². The predicted molar refractivity (Wildman–Crippen MR) is 102 cm³/mol. The number of rotatable bonds is 6. The molecule has 0 bridgehead atoms. The molecule has 0 unspecified atom stereocenters. The van der Waals surface area contributed by atoms with Gasteiger partial charge >= 0.3 is 0 Å². The van der Waals surface area contributed by atoms with E-state index in [9.17, 15) is 9.59 Å². The van der Waals surface area contributed by atoms with Crippen LogP contribution in [0.3, 0.4) is 0 Å². The third-order valence-electron chi connectivity index (χ3n) is 4.01. The fourth-order valence-corrected chi connectivity index (χ4v) is 3.62. The van der Waals surface area contributed by atoms with Crippen LogP contribution in [-0.2, 0) is 4.79 Å². The molecule has 2 rings (SSSR count). The van der Waals surface area contributed by atoms with Crippen molar-refractivity contribution in [2.24, 2.45) is 0 Å². The summed E-state index contributed by atoms with van der Waals surface area (Å²) < 4.78 is 6.65. The van der Waals surface area contributed by atoms with Gasteiger partial charge in [-0.25, -0.2) is 0 Å². The molecule has 1 saturated heterocycles. The Morgan fingerprint density at radius 2 is 1.96 bits per heavy atom. The Kier molecular flexibility index (Phi) is 6.52. The Bertz CT molecular complexity index is 674.